The summed E-state index contributed by atoms with van der Waals surface area (Å²) in [6, 6.07) is 0.422. The molecule has 0 heterocycles. The number of hydrogen-bond acceptors (Lipinski definition) is 2. The first-order chi connectivity index (χ1) is 6.68. The fourth-order valence-corrected chi connectivity index (χ4v) is 2.32. The van der Waals surface area contributed by atoms with Crippen molar-refractivity contribution >= 4 is 5.91 Å². The molecule has 4 unspecified atom stereocenters. The number of hydrogen-bond donors (Lipinski definition) is 2. The first kappa shape index (κ1) is 9.97. The van der Waals surface area contributed by atoms with Gasteiger partial charge in [0.15, 0.2) is 0 Å². The Morgan fingerprint density at radius 1 is 1.36 bits per heavy atom. The van der Waals surface area contributed by atoms with E-state index in [2.05, 4.69) is 12.2 Å². The summed E-state index contributed by atoms with van der Waals surface area (Å²) in [7, 11) is 0. The molecule has 0 aromatic rings. The van der Waals surface area contributed by atoms with E-state index >= 15 is 0 Å². The van der Waals surface area contributed by atoms with Crippen molar-refractivity contribution in [1.29, 1.82) is 0 Å². The minimum absolute atomic E-state index is 0.182. The first-order valence-corrected chi connectivity index (χ1v) is 5.74. The van der Waals surface area contributed by atoms with Crippen LogP contribution in [-0.2, 0) is 4.79 Å². The molecule has 2 rings (SSSR count). The predicted octanol–water partition coefficient (Wildman–Crippen LogP) is 1.03. The molecule has 0 spiro atoms. The average molecular weight is 196 g/mol. The first-order valence-electron chi connectivity index (χ1n) is 5.74. The van der Waals surface area contributed by atoms with Crippen LogP contribution in [0.2, 0.25) is 0 Å². The highest BCUT2D eigenvalue weighted by Gasteiger charge is 2.40. The normalized spacial score (nSPS) is 41.9. The monoisotopic (exact) mass is 196 g/mol. The molecule has 2 aliphatic rings. The largest absolute Gasteiger partial charge is 0.352 e. The maximum atomic E-state index is 11.7. The highest BCUT2D eigenvalue weighted by atomic mass is 16.2. The zero-order valence-electron chi connectivity index (χ0n) is 8.83. The van der Waals surface area contributed by atoms with Gasteiger partial charge in [0.05, 0.1) is 0 Å². The van der Waals surface area contributed by atoms with Crippen LogP contribution < -0.4 is 11.1 Å². The lowest BCUT2D eigenvalue weighted by molar-refractivity contribution is -0.123. The van der Waals surface area contributed by atoms with Gasteiger partial charge in [-0.3, -0.25) is 4.79 Å². The fraction of sp³-hybridized carbons (Fsp3) is 0.909. The molecule has 0 saturated heterocycles. The lowest BCUT2D eigenvalue weighted by Gasteiger charge is -2.29. The summed E-state index contributed by atoms with van der Waals surface area (Å²) in [5, 5.41) is 3.10. The summed E-state index contributed by atoms with van der Waals surface area (Å²) in [6.07, 6.45) is 5.61. The van der Waals surface area contributed by atoms with E-state index in [0.29, 0.717) is 5.92 Å². The smallest absolute Gasteiger partial charge is 0.223 e. The van der Waals surface area contributed by atoms with Crippen LogP contribution in [0, 0.1) is 11.8 Å². The Labute approximate surface area is 85.4 Å². The molecule has 1 amide bonds. The summed E-state index contributed by atoms with van der Waals surface area (Å²) >= 11 is 0. The highest BCUT2D eigenvalue weighted by Crippen LogP contribution is 2.38. The number of carbonyl (C=O) groups excluding carboxylic acids is 1. The maximum absolute atomic E-state index is 11.7. The Morgan fingerprint density at radius 2 is 2.00 bits per heavy atom. The van der Waals surface area contributed by atoms with Crippen LogP contribution in [0.4, 0.5) is 0 Å². The quantitative estimate of drug-likeness (QED) is 0.693. The van der Waals surface area contributed by atoms with Crippen molar-refractivity contribution < 1.29 is 4.79 Å². The van der Waals surface area contributed by atoms with Crippen LogP contribution in [-0.4, -0.2) is 18.0 Å². The Morgan fingerprint density at radius 3 is 2.57 bits per heavy atom. The Bertz CT molecular complexity index is 229. The molecule has 2 fully saturated rings. The van der Waals surface area contributed by atoms with Crippen molar-refractivity contribution in [2.24, 2.45) is 17.6 Å². The Kier molecular flexibility index (Phi) is 2.77. The molecule has 2 aliphatic carbocycles. The van der Waals surface area contributed by atoms with E-state index in [1.165, 1.54) is 12.8 Å². The summed E-state index contributed by atoms with van der Waals surface area (Å²) < 4.78 is 0. The van der Waals surface area contributed by atoms with Crippen LogP contribution in [0.15, 0.2) is 0 Å². The molecule has 3 heteroatoms. The third-order valence-corrected chi connectivity index (χ3v) is 3.59. The molecule has 14 heavy (non-hydrogen) atoms. The lowest BCUT2D eigenvalue weighted by atomic mass is 9.91. The third kappa shape index (κ3) is 2.08. The number of amides is 1. The molecule has 2 saturated carbocycles. The van der Waals surface area contributed by atoms with Crippen LogP contribution >= 0.6 is 0 Å². The standard InChI is InChI=1S/C11H20N2O/c1-7-6-8(7)11(14)13-10-5-3-2-4-9(10)12/h7-10H,2-6,12H2,1H3,(H,13,14). The summed E-state index contributed by atoms with van der Waals surface area (Å²) in [5.41, 5.74) is 5.97. The maximum Gasteiger partial charge on any atom is 0.223 e. The number of rotatable bonds is 2. The Hall–Kier alpha value is -0.570. The summed E-state index contributed by atoms with van der Waals surface area (Å²) in [5.74, 6) is 1.11. The van der Waals surface area contributed by atoms with Crippen molar-refractivity contribution in [2.45, 2.75) is 51.1 Å². The minimum atomic E-state index is 0.182. The Balaban J connectivity index is 1.80. The molecule has 0 aromatic carbocycles. The molecular weight excluding hydrogens is 176 g/mol. The zero-order chi connectivity index (χ0) is 10.1. The van der Waals surface area contributed by atoms with Crippen LogP contribution in [0.5, 0.6) is 0 Å². The van der Waals surface area contributed by atoms with E-state index in [0.717, 1.165) is 19.3 Å². The van der Waals surface area contributed by atoms with Gasteiger partial charge in [0.2, 0.25) is 5.91 Å². The minimum Gasteiger partial charge on any atom is -0.352 e. The van der Waals surface area contributed by atoms with E-state index in [4.69, 9.17) is 5.73 Å². The van der Waals surface area contributed by atoms with E-state index in [9.17, 15) is 4.79 Å². The van der Waals surface area contributed by atoms with Crippen LogP contribution in [0.3, 0.4) is 0 Å². The van der Waals surface area contributed by atoms with Gasteiger partial charge >= 0.3 is 0 Å². The molecule has 4 atom stereocenters. The van der Waals surface area contributed by atoms with Gasteiger partial charge in [0.1, 0.15) is 0 Å². The number of nitrogens with two attached hydrogens (primary N) is 1. The molecule has 0 bridgehead atoms. The van der Waals surface area contributed by atoms with Gasteiger partial charge < -0.3 is 11.1 Å². The van der Waals surface area contributed by atoms with E-state index < -0.39 is 0 Å². The molecule has 3 nitrogen and oxygen atoms in total. The van der Waals surface area contributed by atoms with Gasteiger partial charge in [-0.1, -0.05) is 19.8 Å². The summed E-state index contributed by atoms with van der Waals surface area (Å²) in [4.78, 5) is 11.7. The van der Waals surface area contributed by atoms with Gasteiger partial charge in [-0.15, -0.1) is 0 Å². The predicted molar refractivity (Wildman–Crippen MR) is 55.6 cm³/mol. The molecule has 0 radical (unpaired) electrons. The van der Waals surface area contributed by atoms with E-state index in [1.807, 2.05) is 0 Å². The highest BCUT2D eigenvalue weighted by molar-refractivity contribution is 5.81. The van der Waals surface area contributed by atoms with E-state index in [1.54, 1.807) is 0 Å². The molecule has 80 valence electrons. The summed E-state index contributed by atoms with van der Waals surface area (Å²) in [6.45, 7) is 2.13. The molecule has 3 N–H and O–H groups in total. The van der Waals surface area contributed by atoms with Crippen molar-refractivity contribution in [3.63, 3.8) is 0 Å². The van der Waals surface area contributed by atoms with Gasteiger partial charge in [-0.2, -0.15) is 0 Å². The second kappa shape index (κ2) is 3.89. The average Bonchev–Trinajstić information content (AvgIpc) is 2.87. The van der Waals surface area contributed by atoms with E-state index in [-0.39, 0.29) is 23.9 Å². The van der Waals surface area contributed by atoms with Crippen molar-refractivity contribution in [2.75, 3.05) is 0 Å². The van der Waals surface area contributed by atoms with Crippen LogP contribution in [0.1, 0.15) is 39.0 Å². The lowest BCUT2D eigenvalue weighted by Crippen LogP contribution is -2.49. The van der Waals surface area contributed by atoms with Crippen molar-refractivity contribution in [1.82, 2.24) is 5.32 Å². The van der Waals surface area contributed by atoms with Gasteiger partial charge in [-0.25, -0.2) is 0 Å². The third-order valence-electron chi connectivity index (χ3n) is 3.59. The fourth-order valence-electron chi connectivity index (χ4n) is 2.32. The second-order valence-electron chi connectivity index (χ2n) is 4.88. The topological polar surface area (TPSA) is 55.1 Å². The second-order valence-corrected chi connectivity index (χ2v) is 4.88. The molecule has 0 aromatic heterocycles. The van der Waals surface area contributed by atoms with Crippen molar-refractivity contribution in [3.05, 3.63) is 0 Å². The SMILES string of the molecule is CC1CC1C(=O)NC1CCCCC1N. The molecular formula is C11H20N2O. The van der Waals surface area contributed by atoms with Gasteiger partial charge in [0.25, 0.3) is 0 Å². The van der Waals surface area contributed by atoms with Crippen molar-refractivity contribution in [3.8, 4) is 0 Å². The van der Waals surface area contributed by atoms with Crippen LogP contribution in [0.25, 0.3) is 0 Å². The number of carbonyl (C=O) groups is 1. The van der Waals surface area contributed by atoms with Gasteiger partial charge in [-0.05, 0) is 25.2 Å². The van der Waals surface area contributed by atoms with Gasteiger partial charge in [0, 0.05) is 18.0 Å². The number of nitrogens with one attached hydrogen (secondary N) is 1. The molecule has 0 aliphatic heterocycles. The zero-order valence-corrected chi connectivity index (χ0v) is 8.83.